The Balaban J connectivity index is 1.59. The Morgan fingerprint density at radius 1 is 0.472 bits per heavy atom. The first-order valence-corrected chi connectivity index (χ1v) is 12.2. The lowest BCUT2D eigenvalue weighted by molar-refractivity contribution is 1.18. The molecule has 0 amide bonds. The molecule has 8 aromatic rings. The summed E-state index contributed by atoms with van der Waals surface area (Å²) in [4.78, 5) is 4.29. The van der Waals surface area contributed by atoms with E-state index in [0.717, 1.165) is 11.1 Å². The Morgan fingerprint density at radius 3 is 2.08 bits per heavy atom. The van der Waals surface area contributed by atoms with E-state index in [0.29, 0.717) is 0 Å². The third-order valence-corrected chi connectivity index (χ3v) is 7.37. The van der Waals surface area contributed by atoms with Crippen molar-refractivity contribution in [2.45, 2.75) is 0 Å². The molecule has 0 saturated carbocycles. The third-order valence-electron chi connectivity index (χ3n) is 7.37. The Morgan fingerprint density at radius 2 is 1.22 bits per heavy atom. The number of fused-ring (bicyclic) bond motifs is 8. The summed E-state index contributed by atoms with van der Waals surface area (Å²) >= 11 is 0. The van der Waals surface area contributed by atoms with E-state index in [1.54, 1.807) is 0 Å². The van der Waals surface area contributed by atoms with E-state index >= 15 is 0 Å². The Labute approximate surface area is 207 Å². The van der Waals surface area contributed by atoms with Gasteiger partial charge in [-0.2, -0.15) is 0 Å². The predicted octanol–water partition coefficient (Wildman–Crippen LogP) is 8.43. The first kappa shape index (κ1) is 19.4. The summed E-state index contributed by atoms with van der Waals surface area (Å²) in [6.07, 6.45) is 3.78. The van der Waals surface area contributed by atoms with Crippen LogP contribution in [0.15, 0.2) is 128 Å². The molecular weight excluding hydrogens is 438 g/mol. The molecule has 3 heteroatoms. The molecule has 0 saturated heterocycles. The van der Waals surface area contributed by atoms with Gasteiger partial charge in [-0.25, -0.2) is 0 Å². The topological polar surface area (TPSA) is 22.8 Å². The highest BCUT2D eigenvalue weighted by Gasteiger charge is 2.20. The van der Waals surface area contributed by atoms with Crippen molar-refractivity contribution in [2.75, 3.05) is 0 Å². The van der Waals surface area contributed by atoms with Gasteiger partial charge in [0.05, 0.1) is 22.1 Å². The Bertz CT molecular complexity index is 2100. The number of pyridine rings is 1. The van der Waals surface area contributed by atoms with Crippen LogP contribution in [-0.4, -0.2) is 14.1 Å². The number of rotatable bonds is 2. The maximum Gasteiger partial charge on any atom is 0.0641 e. The molecule has 0 radical (unpaired) electrons. The molecule has 36 heavy (non-hydrogen) atoms. The van der Waals surface area contributed by atoms with Crippen LogP contribution in [0.3, 0.4) is 0 Å². The number of para-hydroxylation sites is 3. The zero-order chi connectivity index (χ0) is 23.6. The van der Waals surface area contributed by atoms with Crippen molar-refractivity contribution in [1.29, 1.82) is 0 Å². The molecule has 0 aliphatic heterocycles. The summed E-state index contributed by atoms with van der Waals surface area (Å²) < 4.78 is 4.83. The largest absolute Gasteiger partial charge is 0.309 e. The quantitative estimate of drug-likeness (QED) is 0.254. The molecular formula is C33H21N3. The maximum absolute atomic E-state index is 4.29. The van der Waals surface area contributed by atoms with Crippen molar-refractivity contribution in [1.82, 2.24) is 14.1 Å². The Kier molecular flexibility index (Phi) is 3.94. The van der Waals surface area contributed by atoms with Gasteiger partial charge >= 0.3 is 0 Å². The number of hydrogen-bond donors (Lipinski definition) is 0. The van der Waals surface area contributed by atoms with Crippen molar-refractivity contribution in [3.63, 3.8) is 0 Å². The zero-order valence-electron chi connectivity index (χ0n) is 19.5. The molecule has 0 atom stereocenters. The average Bonchev–Trinajstić information content (AvgIpc) is 3.46. The highest BCUT2D eigenvalue weighted by Crippen LogP contribution is 2.41. The van der Waals surface area contributed by atoms with E-state index in [4.69, 9.17) is 0 Å². The number of hydrogen-bond acceptors (Lipinski definition) is 1. The minimum Gasteiger partial charge on any atom is -0.309 e. The van der Waals surface area contributed by atoms with Gasteiger partial charge in [-0.05, 0) is 53.9 Å². The lowest BCUT2D eigenvalue weighted by atomic mass is 10.1. The predicted molar refractivity (Wildman–Crippen MR) is 150 cm³/mol. The summed E-state index contributed by atoms with van der Waals surface area (Å²) in [6.45, 7) is 0. The molecule has 3 heterocycles. The summed E-state index contributed by atoms with van der Waals surface area (Å²) in [7, 11) is 0. The zero-order valence-corrected chi connectivity index (χ0v) is 19.5. The van der Waals surface area contributed by atoms with Crippen molar-refractivity contribution >= 4 is 54.4 Å². The summed E-state index contributed by atoms with van der Waals surface area (Å²) in [6, 6.07) is 41.5. The highest BCUT2D eigenvalue weighted by molar-refractivity contribution is 6.26. The first-order valence-electron chi connectivity index (χ1n) is 12.2. The van der Waals surface area contributed by atoms with Crippen LogP contribution in [0, 0.1) is 0 Å². The van der Waals surface area contributed by atoms with Gasteiger partial charge in [-0.3, -0.25) is 4.98 Å². The minimum atomic E-state index is 1.15. The van der Waals surface area contributed by atoms with Gasteiger partial charge < -0.3 is 9.13 Å². The van der Waals surface area contributed by atoms with Crippen molar-refractivity contribution in [2.24, 2.45) is 0 Å². The standard InChI is InChI=1S/C33H21N3/c1-2-8-24(9-3-1)36-29-12-6-4-10-26(29)27-16-17-31-32(33(27)36)28-11-5-7-13-30(28)35(31)25-15-14-23-21-34-19-18-22(23)20-25/h1-21H. The van der Waals surface area contributed by atoms with Gasteiger partial charge in [0.1, 0.15) is 0 Å². The molecule has 0 N–H and O–H groups in total. The second-order valence-corrected chi connectivity index (χ2v) is 9.30. The maximum atomic E-state index is 4.29. The van der Waals surface area contributed by atoms with E-state index < -0.39 is 0 Å². The van der Waals surface area contributed by atoms with E-state index in [9.17, 15) is 0 Å². The van der Waals surface area contributed by atoms with E-state index in [-0.39, 0.29) is 0 Å². The summed E-state index contributed by atoms with van der Waals surface area (Å²) in [5.74, 6) is 0. The van der Waals surface area contributed by atoms with Gasteiger partial charge in [0, 0.05) is 50.7 Å². The van der Waals surface area contributed by atoms with Gasteiger partial charge in [0.25, 0.3) is 0 Å². The van der Waals surface area contributed by atoms with Crippen LogP contribution >= 0.6 is 0 Å². The molecule has 3 aromatic heterocycles. The molecule has 3 nitrogen and oxygen atoms in total. The summed E-state index contributed by atoms with van der Waals surface area (Å²) in [5, 5.41) is 7.41. The minimum absolute atomic E-state index is 1.15. The van der Waals surface area contributed by atoms with Crippen LogP contribution in [0.1, 0.15) is 0 Å². The molecule has 168 valence electrons. The monoisotopic (exact) mass is 459 g/mol. The van der Waals surface area contributed by atoms with Crippen LogP contribution in [0.25, 0.3) is 65.8 Å². The first-order chi connectivity index (χ1) is 17.9. The summed E-state index contributed by atoms with van der Waals surface area (Å²) in [5.41, 5.74) is 7.21. The van der Waals surface area contributed by atoms with Gasteiger partial charge in [0.15, 0.2) is 0 Å². The normalized spacial score (nSPS) is 11.9. The number of nitrogens with zero attached hydrogens (tertiary/aromatic N) is 3. The third kappa shape index (κ3) is 2.60. The van der Waals surface area contributed by atoms with Crippen LogP contribution < -0.4 is 0 Å². The molecule has 0 unspecified atom stereocenters. The smallest absolute Gasteiger partial charge is 0.0641 e. The second-order valence-electron chi connectivity index (χ2n) is 9.30. The molecule has 0 spiro atoms. The average molecular weight is 460 g/mol. The van der Waals surface area contributed by atoms with Crippen LogP contribution in [0.4, 0.5) is 0 Å². The number of benzene rings is 5. The van der Waals surface area contributed by atoms with E-state index in [2.05, 4.69) is 129 Å². The lowest BCUT2D eigenvalue weighted by Gasteiger charge is -2.10. The molecule has 0 aliphatic rings. The molecule has 0 fully saturated rings. The molecule has 5 aromatic carbocycles. The van der Waals surface area contributed by atoms with Crippen molar-refractivity contribution in [3.05, 3.63) is 128 Å². The fourth-order valence-corrected chi connectivity index (χ4v) is 5.84. The van der Waals surface area contributed by atoms with Gasteiger partial charge in [-0.1, -0.05) is 66.7 Å². The second kappa shape index (κ2) is 7.30. The van der Waals surface area contributed by atoms with E-state index in [1.165, 1.54) is 54.7 Å². The highest BCUT2D eigenvalue weighted by atomic mass is 15.0. The Hall–Kier alpha value is -4.89. The van der Waals surface area contributed by atoms with Crippen molar-refractivity contribution in [3.8, 4) is 11.4 Å². The SMILES string of the molecule is c1ccc(-n2c3ccccc3c3ccc4c(c5ccccc5n4-c4ccc5cnccc5c4)c32)cc1. The fraction of sp³-hybridized carbons (Fsp3) is 0. The van der Waals surface area contributed by atoms with Crippen LogP contribution in [-0.2, 0) is 0 Å². The van der Waals surface area contributed by atoms with Crippen molar-refractivity contribution < 1.29 is 0 Å². The van der Waals surface area contributed by atoms with Crippen LogP contribution in [0.5, 0.6) is 0 Å². The van der Waals surface area contributed by atoms with Crippen LogP contribution in [0.2, 0.25) is 0 Å². The van der Waals surface area contributed by atoms with Gasteiger partial charge in [0.2, 0.25) is 0 Å². The molecule has 8 rings (SSSR count). The molecule has 0 aliphatic carbocycles. The lowest BCUT2D eigenvalue weighted by Crippen LogP contribution is -1.95. The van der Waals surface area contributed by atoms with Gasteiger partial charge in [-0.15, -0.1) is 0 Å². The van der Waals surface area contributed by atoms with E-state index in [1.807, 2.05) is 12.4 Å². The number of aromatic nitrogens is 3. The molecule has 0 bridgehead atoms. The fourth-order valence-electron chi connectivity index (χ4n) is 5.84.